The van der Waals surface area contributed by atoms with Crippen molar-refractivity contribution in [3.05, 3.63) is 35.9 Å². The van der Waals surface area contributed by atoms with Crippen LogP contribution in [0.1, 0.15) is 5.56 Å². The summed E-state index contributed by atoms with van der Waals surface area (Å²) in [5.41, 5.74) is 0.830. The Hall–Kier alpha value is -0.280. The van der Waals surface area contributed by atoms with Gasteiger partial charge in [0, 0.05) is 12.2 Å². The molecule has 65 valence electrons. The third kappa shape index (κ3) is 3.93. The quantitative estimate of drug-likeness (QED) is 0.767. The standard InChI is InChI=1S/C7H8O3PS/c8-11(9,12)10-6-7-4-2-1-3-5-7/h1-5H,6H2,(H,8,9). The van der Waals surface area contributed by atoms with E-state index < -0.39 is 6.80 Å². The van der Waals surface area contributed by atoms with Gasteiger partial charge in [0.2, 0.25) is 0 Å². The Kier molecular flexibility index (Phi) is 3.35. The molecular formula is C7H8O3PS. The van der Waals surface area contributed by atoms with Crippen LogP contribution >= 0.6 is 19.0 Å². The van der Waals surface area contributed by atoms with Crippen LogP contribution in [0.15, 0.2) is 30.3 Å². The van der Waals surface area contributed by atoms with Crippen LogP contribution < -0.4 is 0 Å². The molecule has 12 heavy (non-hydrogen) atoms. The molecule has 0 spiro atoms. The normalized spacial score (nSPS) is 15.5. The fourth-order valence-corrected chi connectivity index (χ4v) is 1.20. The topological polar surface area (TPSA) is 46.5 Å². The van der Waals surface area contributed by atoms with Crippen LogP contribution in [0.3, 0.4) is 0 Å². The lowest BCUT2D eigenvalue weighted by Gasteiger charge is -2.03. The van der Waals surface area contributed by atoms with Crippen molar-refractivity contribution in [1.82, 2.24) is 0 Å². The van der Waals surface area contributed by atoms with E-state index in [1.54, 1.807) is 12.1 Å². The van der Waals surface area contributed by atoms with Crippen molar-refractivity contribution in [3.8, 4) is 0 Å². The number of hydrogen-bond acceptors (Lipinski definition) is 2. The summed E-state index contributed by atoms with van der Waals surface area (Å²) >= 11 is 4.17. The molecule has 0 fully saturated rings. The summed E-state index contributed by atoms with van der Waals surface area (Å²) in [4.78, 5) is 8.63. The van der Waals surface area contributed by atoms with Gasteiger partial charge in [0.15, 0.2) is 0 Å². The van der Waals surface area contributed by atoms with Gasteiger partial charge in [-0.05, 0) is 5.56 Å². The van der Waals surface area contributed by atoms with E-state index in [0.717, 1.165) is 5.56 Å². The Morgan fingerprint density at radius 1 is 1.42 bits per heavy atom. The monoisotopic (exact) mass is 203 g/mol. The Bertz CT molecular complexity index is 282. The first-order chi connectivity index (χ1) is 5.58. The van der Waals surface area contributed by atoms with Crippen molar-refractivity contribution in [3.63, 3.8) is 0 Å². The first kappa shape index (κ1) is 9.81. The third-order valence-electron chi connectivity index (χ3n) is 1.24. The van der Waals surface area contributed by atoms with E-state index in [-0.39, 0.29) is 6.61 Å². The summed E-state index contributed by atoms with van der Waals surface area (Å²) in [7, 11) is 0. The Morgan fingerprint density at radius 3 is 2.50 bits per heavy atom. The first-order valence-corrected chi connectivity index (χ1v) is 5.89. The summed E-state index contributed by atoms with van der Waals surface area (Å²) in [5, 5.41) is 0. The Morgan fingerprint density at radius 2 is 2.00 bits per heavy atom. The molecule has 0 aromatic heterocycles. The average Bonchev–Trinajstić information content (AvgIpc) is 2.02. The third-order valence-corrected chi connectivity index (χ3v) is 2.01. The second kappa shape index (κ2) is 4.10. The maximum absolute atomic E-state index is 10.5. The lowest BCUT2D eigenvalue weighted by Crippen LogP contribution is -1.86. The van der Waals surface area contributed by atoms with Gasteiger partial charge < -0.3 is 4.89 Å². The molecule has 1 N–H and O–H groups in total. The van der Waals surface area contributed by atoms with Crippen molar-refractivity contribution >= 4 is 19.0 Å². The molecule has 1 aromatic carbocycles. The average molecular weight is 203 g/mol. The lowest BCUT2D eigenvalue weighted by atomic mass is 10.2. The van der Waals surface area contributed by atoms with E-state index in [4.69, 9.17) is 4.89 Å². The zero-order valence-electron chi connectivity index (χ0n) is 6.21. The zero-order valence-corrected chi connectivity index (χ0v) is 7.92. The first-order valence-electron chi connectivity index (χ1n) is 3.30. The molecule has 0 amide bonds. The molecule has 0 aliphatic rings. The summed E-state index contributed by atoms with van der Waals surface area (Å²) in [6.45, 7) is -3.67. The molecule has 1 atom stereocenters. The van der Waals surface area contributed by atoms with Gasteiger partial charge in [-0.2, -0.15) is 0 Å². The Labute approximate surface area is 76.1 Å². The van der Waals surface area contributed by atoms with Crippen molar-refractivity contribution < 1.29 is 14.0 Å². The van der Waals surface area contributed by atoms with E-state index >= 15 is 0 Å². The highest BCUT2D eigenvalue weighted by Crippen LogP contribution is 2.47. The lowest BCUT2D eigenvalue weighted by molar-refractivity contribution is 0.267. The molecule has 1 aromatic rings. The molecule has 1 unspecified atom stereocenters. The zero-order chi connectivity index (χ0) is 9.03. The summed E-state index contributed by atoms with van der Waals surface area (Å²) in [6, 6.07) is 9.10. The molecule has 0 heterocycles. The van der Waals surface area contributed by atoms with E-state index in [1.165, 1.54) is 0 Å². The van der Waals surface area contributed by atoms with Gasteiger partial charge in [-0.1, -0.05) is 30.3 Å². The fourth-order valence-electron chi connectivity index (χ4n) is 0.730. The molecule has 0 saturated carbocycles. The molecular weight excluding hydrogens is 195 g/mol. The van der Waals surface area contributed by atoms with Crippen molar-refractivity contribution in [2.24, 2.45) is 0 Å². The molecule has 1 rings (SSSR count). The molecule has 1 radical (unpaired) electrons. The summed E-state index contributed by atoms with van der Waals surface area (Å²) in [5.74, 6) is 0. The SMILES string of the molecule is O=P(O)([S])OCc1ccccc1. The fraction of sp³-hybridized carbons (Fsp3) is 0.143. The second-order valence-corrected chi connectivity index (χ2v) is 4.81. The van der Waals surface area contributed by atoms with Gasteiger partial charge in [-0.25, -0.2) is 4.57 Å². The molecule has 5 heteroatoms. The van der Waals surface area contributed by atoms with Gasteiger partial charge >= 0.3 is 6.80 Å². The minimum Gasteiger partial charge on any atom is -0.316 e. The van der Waals surface area contributed by atoms with Gasteiger partial charge in [0.05, 0.1) is 6.61 Å². The number of rotatable bonds is 3. The van der Waals surface area contributed by atoms with Gasteiger partial charge in [0.25, 0.3) is 0 Å². The molecule has 0 aliphatic heterocycles. The molecule has 0 aliphatic carbocycles. The van der Waals surface area contributed by atoms with Gasteiger partial charge in [0.1, 0.15) is 0 Å². The van der Waals surface area contributed by atoms with Crippen LogP contribution in [0.2, 0.25) is 0 Å². The summed E-state index contributed by atoms with van der Waals surface area (Å²) < 4.78 is 15.1. The summed E-state index contributed by atoms with van der Waals surface area (Å²) in [6.07, 6.45) is 0. The largest absolute Gasteiger partial charge is 0.397 e. The highest BCUT2D eigenvalue weighted by atomic mass is 32.7. The van der Waals surface area contributed by atoms with Gasteiger partial charge in [-0.3, -0.25) is 4.52 Å². The van der Waals surface area contributed by atoms with Crippen molar-refractivity contribution in [2.45, 2.75) is 6.61 Å². The Balaban J connectivity index is 2.50. The predicted molar refractivity (Wildman–Crippen MR) is 48.6 cm³/mol. The van der Waals surface area contributed by atoms with Gasteiger partial charge in [-0.15, -0.1) is 0 Å². The predicted octanol–water partition coefficient (Wildman–Crippen LogP) is 2.50. The van der Waals surface area contributed by atoms with Crippen LogP contribution in [0.25, 0.3) is 0 Å². The molecule has 0 bridgehead atoms. The minimum atomic E-state index is -3.75. The second-order valence-electron chi connectivity index (χ2n) is 2.23. The van der Waals surface area contributed by atoms with E-state index in [9.17, 15) is 4.57 Å². The maximum Gasteiger partial charge on any atom is 0.397 e. The van der Waals surface area contributed by atoms with Crippen LogP contribution in [0, 0.1) is 0 Å². The highest BCUT2D eigenvalue weighted by Gasteiger charge is 2.12. The van der Waals surface area contributed by atoms with Crippen LogP contribution in [0.4, 0.5) is 0 Å². The number of hydrogen-bond donors (Lipinski definition) is 1. The van der Waals surface area contributed by atoms with Crippen molar-refractivity contribution in [1.29, 1.82) is 0 Å². The van der Waals surface area contributed by atoms with E-state index in [1.807, 2.05) is 18.2 Å². The van der Waals surface area contributed by atoms with E-state index in [2.05, 4.69) is 16.8 Å². The van der Waals surface area contributed by atoms with Crippen LogP contribution in [-0.2, 0) is 15.7 Å². The maximum atomic E-state index is 10.5. The minimum absolute atomic E-state index is 0.0815. The van der Waals surface area contributed by atoms with Crippen LogP contribution in [0.5, 0.6) is 0 Å². The molecule has 3 nitrogen and oxygen atoms in total. The number of benzene rings is 1. The van der Waals surface area contributed by atoms with Crippen LogP contribution in [-0.4, -0.2) is 4.89 Å². The highest BCUT2D eigenvalue weighted by molar-refractivity contribution is 8.44. The smallest absolute Gasteiger partial charge is 0.316 e. The molecule has 0 saturated heterocycles. The van der Waals surface area contributed by atoms with Crippen molar-refractivity contribution in [2.75, 3.05) is 0 Å². The van der Waals surface area contributed by atoms with E-state index in [0.29, 0.717) is 0 Å².